The zero-order valence-corrected chi connectivity index (χ0v) is 18.2. The maximum atomic E-state index is 10.8. The van der Waals surface area contributed by atoms with Crippen LogP contribution in [0.4, 0.5) is 5.69 Å². The van der Waals surface area contributed by atoms with Gasteiger partial charge in [-0.15, -0.1) is 0 Å². The Bertz CT molecular complexity index is 1120. The molecule has 0 spiro atoms. The van der Waals surface area contributed by atoms with Crippen LogP contribution < -0.4 is 25.1 Å². The zero-order valence-electron chi connectivity index (χ0n) is 18.2. The number of nitro benzene ring substituents is 1. The number of ether oxygens (including phenoxy) is 3. The molecular weight excluding hydrogens is 426 g/mol. The molecule has 3 aromatic rings. The van der Waals surface area contributed by atoms with Gasteiger partial charge in [-0.05, 0) is 48.9 Å². The lowest BCUT2D eigenvalue weighted by molar-refractivity contribution is -0.384. The van der Waals surface area contributed by atoms with E-state index in [9.17, 15) is 15.2 Å². The lowest BCUT2D eigenvalue weighted by atomic mass is 9.98. The van der Waals surface area contributed by atoms with E-state index in [0.717, 1.165) is 5.56 Å². The highest BCUT2D eigenvalue weighted by Crippen LogP contribution is 2.35. The highest BCUT2D eigenvalue weighted by atomic mass is 16.6. The predicted octanol–water partition coefficient (Wildman–Crippen LogP) is 3.87. The molecule has 1 saturated heterocycles. The Morgan fingerprint density at radius 1 is 1.00 bits per heavy atom. The van der Waals surface area contributed by atoms with Crippen molar-refractivity contribution < 1.29 is 24.2 Å². The van der Waals surface area contributed by atoms with Crippen molar-refractivity contribution in [1.82, 2.24) is 10.9 Å². The van der Waals surface area contributed by atoms with Crippen LogP contribution in [-0.4, -0.2) is 29.3 Å². The van der Waals surface area contributed by atoms with Crippen LogP contribution in [0.3, 0.4) is 0 Å². The van der Waals surface area contributed by atoms with Gasteiger partial charge in [0.15, 0.2) is 0 Å². The van der Waals surface area contributed by atoms with E-state index in [1.54, 1.807) is 37.4 Å². The molecular formula is C24H25N3O6. The average molecular weight is 451 g/mol. The maximum Gasteiger partial charge on any atom is 0.269 e. The molecule has 33 heavy (non-hydrogen) atoms. The van der Waals surface area contributed by atoms with Crippen LogP contribution in [0, 0.1) is 10.1 Å². The molecule has 0 aromatic heterocycles. The number of phenols is 1. The third-order valence-corrected chi connectivity index (χ3v) is 5.49. The van der Waals surface area contributed by atoms with E-state index >= 15 is 0 Å². The SMILES string of the molecule is COc1cccc(OC2C(C)NNC2c2ccc(OCc3ccc([N+](=O)[O-])cc3)cc2O)c1. The number of methoxy groups -OCH3 is 1. The summed E-state index contributed by atoms with van der Waals surface area (Å²) in [5.41, 5.74) is 7.84. The van der Waals surface area contributed by atoms with E-state index in [1.165, 1.54) is 12.1 Å². The van der Waals surface area contributed by atoms with Crippen LogP contribution in [0.2, 0.25) is 0 Å². The van der Waals surface area contributed by atoms with Gasteiger partial charge in [0.25, 0.3) is 5.69 Å². The number of benzene rings is 3. The van der Waals surface area contributed by atoms with Crippen LogP contribution in [0.5, 0.6) is 23.0 Å². The Balaban J connectivity index is 1.45. The number of rotatable bonds is 8. The largest absolute Gasteiger partial charge is 0.507 e. The Hall–Kier alpha value is -3.82. The number of hydrogen-bond donors (Lipinski definition) is 3. The molecule has 1 aliphatic heterocycles. The molecule has 0 aliphatic carbocycles. The molecule has 0 radical (unpaired) electrons. The fourth-order valence-electron chi connectivity index (χ4n) is 3.69. The van der Waals surface area contributed by atoms with E-state index in [2.05, 4.69) is 10.9 Å². The lowest BCUT2D eigenvalue weighted by Crippen LogP contribution is -2.33. The lowest BCUT2D eigenvalue weighted by Gasteiger charge is -2.24. The zero-order chi connectivity index (χ0) is 23.4. The third kappa shape index (κ3) is 5.16. The van der Waals surface area contributed by atoms with Crippen molar-refractivity contribution >= 4 is 5.69 Å². The van der Waals surface area contributed by atoms with Crippen LogP contribution in [0.15, 0.2) is 66.7 Å². The summed E-state index contributed by atoms with van der Waals surface area (Å²) in [7, 11) is 1.60. The molecule has 172 valence electrons. The van der Waals surface area contributed by atoms with Gasteiger partial charge in [-0.25, -0.2) is 5.43 Å². The first-order chi connectivity index (χ1) is 15.9. The van der Waals surface area contributed by atoms with E-state index < -0.39 is 4.92 Å². The van der Waals surface area contributed by atoms with Gasteiger partial charge < -0.3 is 19.3 Å². The minimum Gasteiger partial charge on any atom is -0.507 e. The van der Waals surface area contributed by atoms with Crippen molar-refractivity contribution in [2.75, 3.05) is 7.11 Å². The number of nitrogens with zero attached hydrogens (tertiary/aromatic N) is 1. The van der Waals surface area contributed by atoms with Crippen LogP contribution in [0.25, 0.3) is 0 Å². The van der Waals surface area contributed by atoms with Gasteiger partial charge in [0, 0.05) is 29.8 Å². The number of hydrogen-bond acceptors (Lipinski definition) is 8. The van der Waals surface area contributed by atoms with Crippen molar-refractivity contribution in [3.8, 4) is 23.0 Å². The molecule has 0 bridgehead atoms. The topological polar surface area (TPSA) is 115 Å². The summed E-state index contributed by atoms with van der Waals surface area (Å²) < 4.78 is 17.2. The molecule has 1 fully saturated rings. The quantitative estimate of drug-likeness (QED) is 0.349. The van der Waals surface area contributed by atoms with Crippen molar-refractivity contribution in [2.45, 2.75) is 31.7 Å². The van der Waals surface area contributed by atoms with Gasteiger partial charge in [-0.1, -0.05) is 6.07 Å². The second-order valence-corrected chi connectivity index (χ2v) is 7.75. The third-order valence-electron chi connectivity index (χ3n) is 5.49. The summed E-state index contributed by atoms with van der Waals surface area (Å²) in [6, 6.07) is 18.3. The Kier molecular flexibility index (Phi) is 6.62. The summed E-state index contributed by atoms with van der Waals surface area (Å²) in [6.07, 6.45) is -0.283. The molecule has 1 aliphatic rings. The molecule has 3 N–H and O–H groups in total. The first-order valence-corrected chi connectivity index (χ1v) is 10.5. The molecule has 9 nitrogen and oxygen atoms in total. The average Bonchev–Trinajstić information content (AvgIpc) is 3.18. The van der Waals surface area contributed by atoms with Crippen molar-refractivity contribution in [3.05, 3.63) is 88.0 Å². The predicted molar refractivity (Wildman–Crippen MR) is 121 cm³/mol. The molecule has 3 atom stereocenters. The fraction of sp³-hybridized carbons (Fsp3) is 0.250. The summed E-state index contributed by atoms with van der Waals surface area (Å²) in [6.45, 7) is 2.22. The number of aromatic hydroxyl groups is 1. The monoisotopic (exact) mass is 451 g/mol. The smallest absolute Gasteiger partial charge is 0.269 e. The minimum absolute atomic E-state index is 0.0151. The van der Waals surface area contributed by atoms with Crippen LogP contribution in [-0.2, 0) is 6.61 Å². The van der Waals surface area contributed by atoms with E-state index in [-0.39, 0.29) is 36.2 Å². The van der Waals surface area contributed by atoms with Crippen molar-refractivity contribution in [3.63, 3.8) is 0 Å². The number of hydrazine groups is 1. The highest BCUT2D eigenvalue weighted by Gasteiger charge is 2.37. The van der Waals surface area contributed by atoms with Crippen LogP contribution in [0.1, 0.15) is 24.1 Å². The van der Waals surface area contributed by atoms with Gasteiger partial charge in [0.1, 0.15) is 35.7 Å². The van der Waals surface area contributed by atoms with Crippen LogP contribution >= 0.6 is 0 Å². The normalized spacial score (nSPS) is 19.8. The molecule has 3 unspecified atom stereocenters. The van der Waals surface area contributed by atoms with Gasteiger partial charge in [0.05, 0.1) is 24.1 Å². The maximum absolute atomic E-state index is 10.8. The van der Waals surface area contributed by atoms with E-state index in [1.807, 2.05) is 31.2 Å². The Morgan fingerprint density at radius 3 is 2.45 bits per heavy atom. The van der Waals surface area contributed by atoms with Gasteiger partial charge in [-0.2, -0.15) is 0 Å². The van der Waals surface area contributed by atoms with E-state index in [0.29, 0.717) is 22.8 Å². The van der Waals surface area contributed by atoms with Gasteiger partial charge >= 0.3 is 0 Å². The molecule has 0 saturated carbocycles. The number of phenolic OH excluding ortho intramolecular Hbond substituents is 1. The summed E-state index contributed by atoms with van der Waals surface area (Å²) >= 11 is 0. The molecule has 1 heterocycles. The fourth-order valence-corrected chi connectivity index (χ4v) is 3.69. The van der Waals surface area contributed by atoms with Gasteiger partial charge in [-0.3, -0.25) is 15.5 Å². The highest BCUT2D eigenvalue weighted by molar-refractivity contribution is 5.43. The second-order valence-electron chi connectivity index (χ2n) is 7.75. The van der Waals surface area contributed by atoms with Gasteiger partial charge in [0.2, 0.25) is 0 Å². The number of nitrogens with one attached hydrogen (secondary N) is 2. The summed E-state index contributed by atoms with van der Waals surface area (Å²) in [5, 5.41) is 21.5. The number of non-ortho nitro benzene ring substituents is 1. The molecule has 3 aromatic carbocycles. The Morgan fingerprint density at radius 2 is 1.76 bits per heavy atom. The van der Waals surface area contributed by atoms with E-state index in [4.69, 9.17) is 14.2 Å². The summed E-state index contributed by atoms with van der Waals surface area (Å²) in [4.78, 5) is 10.3. The first kappa shape index (κ1) is 22.4. The molecule has 9 heteroatoms. The standard InChI is InChI=1S/C24H25N3O6/c1-15-24(33-20-5-3-4-18(12-20)31-2)23(26-25-15)21-11-10-19(13-22(21)28)32-14-16-6-8-17(9-7-16)27(29)30/h3-13,15,23-26,28H,14H2,1-2H3. The second kappa shape index (κ2) is 9.76. The van der Waals surface area contributed by atoms with Crippen molar-refractivity contribution in [1.29, 1.82) is 0 Å². The minimum atomic E-state index is -0.445. The van der Waals surface area contributed by atoms with Crippen molar-refractivity contribution in [2.24, 2.45) is 0 Å². The summed E-state index contributed by atoms with van der Waals surface area (Å²) in [5.74, 6) is 1.93. The Labute approximate surface area is 191 Å². The molecule has 4 rings (SSSR count). The molecule has 0 amide bonds. The number of nitro groups is 1. The first-order valence-electron chi connectivity index (χ1n) is 10.5.